The van der Waals surface area contributed by atoms with Gasteiger partial charge in [-0.1, -0.05) is 25.2 Å². The first-order valence-corrected chi connectivity index (χ1v) is 8.11. The number of carboxylic acid groups (broad SMARTS) is 1. The van der Waals surface area contributed by atoms with E-state index in [-0.39, 0.29) is 11.8 Å². The Kier molecular flexibility index (Phi) is 3.64. The molecule has 1 aliphatic rings. The Hall–Kier alpha value is -1.96. The summed E-state index contributed by atoms with van der Waals surface area (Å²) in [7, 11) is 0. The summed E-state index contributed by atoms with van der Waals surface area (Å²) in [5.74, 6) is -0.134. The number of hydrogen-bond acceptors (Lipinski definition) is 5. The number of carbonyl (C=O) groups is 2. The number of fused-ring (bicyclic) bond motifs is 1. The minimum atomic E-state index is -0.936. The predicted octanol–water partition coefficient (Wildman–Crippen LogP) is 1.91. The van der Waals surface area contributed by atoms with E-state index in [0.29, 0.717) is 22.8 Å². The fourth-order valence-electron chi connectivity index (χ4n) is 2.90. The van der Waals surface area contributed by atoms with Crippen LogP contribution in [0.4, 0.5) is 0 Å². The Balaban J connectivity index is 2.01. The molecule has 1 fully saturated rings. The zero-order valence-corrected chi connectivity index (χ0v) is 13.6. The molecule has 0 aromatic carbocycles. The maximum absolute atomic E-state index is 12.7. The highest BCUT2D eigenvalue weighted by Crippen LogP contribution is 2.29. The Morgan fingerprint density at radius 3 is 2.73 bits per heavy atom. The average molecular weight is 322 g/mol. The third-order valence-corrected chi connectivity index (χ3v) is 5.15. The maximum atomic E-state index is 12.7. The van der Waals surface area contributed by atoms with E-state index in [1.54, 1.807) is 0 Å². The maximum Gasteiger partial charge on any atom is 0.326 e. The molecule has 118 valence electrons. The van der Waals surface area contributed by atoms with Crippen LogP contribution in [0.5, 0.6) is 0 Å². The highest BCUT2D eigenvalue weighted by molar-refractivity contribution is 7.19. The van der Waals surface area contributed by atoms with Gasteiger partial charge in [-0.05, 0) is 19.8 Å². The van der Waals surface area contributed by atoms with Gasteiger partial charge in [0.2, 0.25) is 4.96 Å². The quantitative estimate of drug-likeness (QED) is 0.932. The molecule has 0 aliphatic carbocycles. The van der Waals surface area contributed by atoms with E-state index in [1.165, 1.54) is 16.2 Å². The zero-order chi connectivity index (χ0) is 16.0. The molecule has 3 heterocycles. The van der Waals surface area contributed by atoms with Gasteiger partial charge in [0, 0.05) is 18.2 Å². The average Bonchev–Trinajstić information content (AvgIpc) is 3.13. The largest absolute Gasteiger partial charge is 0.480 e. The summed E-state index contributed by atoms with van der Waals surface area (Å²) in [4.78, 5) is 26.7. The summed E-state index contributed by atoms with van der Waals surface area (Å²) >= 11 is 1.28. The van der Waals surface area contributed by atoms with Gasteiger partial charge in [0.05, 0.1) is 0 Å². The predicted molar refractivity (Wildman–Crippen MR) is 81.4 cm³/mol. The lowest BCUT2D eigenvalue weighted by molar-refractivity contribution is -0.141. The lowest BCUT2D eigenvalue weighted by Gasteiger charge is -2.20. The highest BCUT2D eigenvalue weighted by Gasteiger charge is 2.36. The molecule has 8 heteroatoms. The molecule has 1 atom stereocenters. The Bertz CT molecular complexity index is 749. The van der Waals surface area contributed by atoms with Crippen molar-refractivity contribution in [2.45, 2.75) is 45.6 Å². The van der Waals surface area contributed by atoms with Gasteiger partial charge >= 0.3 is 5.97 Å². The number of aromatic nitrogens is 3. The molecule has 7 nitrogen and oxygen atoms in total. The molecule has 1 saturated heterocycles. The van der Waals surface area contributed by atoms with Crippen molar-refractivity contribution in [2.24, 2.45) is 0 Å². The number of carboxylic acids is 1. The minimum absolute atomic E-state index is 0.199. The topological polar surface area (TPSA) is 87.8 Å². The van der Waals surface area contributed by atoms with Crippen LogP contribution in [0.2, 0.25) is 0 Å². The first kappa shape index (κ1) is 15.0. The van der Waals surface area contributed by atoms with Gasteiger partial charge in [-0.25, -0.2) is 4.79 Å². The van der Waals surface area contributed by atoms with E-state index in [0.717, 1.165) is 17.9 Å². The second-order valence-corrected chi connectivity index (χ2v) is 6.82. The number of hydrogen-bond donors (Lipinski definition) is 1. The van der Waals surface area contributed by atoms with Crippen molar-refractivity contribution < 1.29 is 14.7 Å². The summed E-state index contributed by atoms with van der Waals surface area (Å²) in [5.41, 5.74) is 0.787. The van der Waals surface area contributed by atoms with Crippen LogP contribution in [-0.4, -0.2) is 49.1 Å². The normalized spacial score (nSPS) is 18.5. The molecule has 0 bridgehead atoms. The monoisotopic (exact) mass is 322 g/mol. The first-order chi connectivity index (χ1) is 10.4. The van der Waals surface area contributed by atoms with Crippen molar-refractivity contribution in [1.29, 1.82) is 0 Å². The van der Waals surface area contributed by atoms with Crippen LogP contribution in [0, 0.1) is 6.92 Å². The molecule has 0 spiro atoms. The van der Waals surface area contributed by atoms with Crippen LogP contribution < -0.4 is 0 Å². The number of rotatable bonds is 3. The number of aryl methyl sites for hydroxylation is 1. The molecule has 1 N–H and O–H groups in total. The van der Waals surface area contributed by atoms with Gasteiger partial charge in [0.25, 0.3) is 5.91 Å². The molecular formula is C14H18N4O3S. The number of aliphatic carboxylic acids is 1. The van der Waals surface area contributed by atoms with Gasteiger partial charge in [-0.2, -0.15) is 0 Å². The molecule has 22 heavy (non-hydrogen) atoms. The van der Waals surface area contributed by atoms with E-state index < -0.39 is 12.0 Å². The molecule has 2 aromatic rings. The molecule has 0 saturated carbocycles. The van der Waals surface area contributed by atoms with E-state index in [1.807, 2.05) is 25.2 Å². The molecule has 2 aromatic heterocycles. The molecule has 0 radical (unpaired) electrons. The standard InChI is InChI=1S/C14H18N4O3S/c1-7(2)11-15-16-14-18(11)8(3)10(22-14)12(19)17-6-4-5-9(17)13(20)21/h7,9H,4-6H2,1-3H3,(H,20,21). The summed E-state index contributed by atoms with van der Waals surface area (Å²) < 4.78 is 1.90. The Morgan fingerprint density at radius 1 is 1.36 bits per heavy atom. The number of nitrogens with zero attached hydrogens (tertiary/aromatic N) is 4. The fraction of sp³-hybridized carbons (Fsp3) is 0.571. The van der Waals surface area contributed by atoms with Gasteiger partial charge in [0.1, 0.15) is 16.7 Å². The molecular weight excluding hydrogens is 304 g/mol. The van der Waals surface area contributed by atoms with Crippen LogP contribution in [0.25, 0.3) is 4.96 Å². The van der Waals surface area contributed by atoms with E-state index in [4.69, 9.17) is 0 Å². The summed E-state index contributed by atoms with van der Waals surface area (Å²) in [6.45, 7) is 6.40. The molecule has 1 amide bonds. The van der Waals surface area contributed by atoms with Crippen molar-refractivity contribution in [2.75, 3.05) is 6.54 Å². The van der Waals surface area contributed by atoms with Crippen molar-refractivity contribution in [3.8, 4) is 0 Å². The summed E-state index contributed by atoms with van der Waals surface area (Å²) in [6.07, 6.45) is 1.24. The van der Waals surface area contributed by atoms with Crippen LogP contribution in [0.15, 0.2) is 0 Å². The minimum Gasteiger partial charge on any atom is -0.480 e. The Morgan fingerprint density at radius 2 is 2.09 bits per heavy atom. The zero-order valence-electron chi connectivity index (χ0n) is 12.7. The fourth-order valence-corrected chi connectivity index (χ4v) is 3.93. The summed E-state index contributed by atoms with van der Waals surface area (Å²) in [5, 5.41) is 17.5. The number of carbonyl (C=O) groups excluding carboxylic acids is 1. The number of likely N-dealkylation sites (tertiary alicyclic amines) is 1. The van der Waals surface area contributed by atoms with Gasteiger partial charge < -0.3 is 10.0 Å². The van der Waals surface area contributed by atoms with Gasteiger partial charge in [-0.3, -0.25) is 9.20 Å². The lowest BCUT2D eigenvalue weighted by atomic mass is 10.2. The highest BCUT2D eigenvalue weighted by atomic mass is 32.1. The second-order valence-electron chi connectivity index (χ2n) is 5.84. The molecule has 1 unspecified atom stereocenters. The van der Waals surface area contributed by atoms with Crippen LogP contribution in [0.1, 0.15) is 53.8 Å². The third-order valence-electron chi connectivity index (χ3n) is 4.03. The van der Waals surface area contributed by atoms with Crippen molar-refractivity contribution in [1.82, 2.24) is 19.5 Å². The van der Waals surface area contributed by atoms with Crippen molar-refractivity contribution in [3.05, 3.63) is 16.4 Å². The SMILES string of the molecule is Cc1c(C(=O)N2CCCC2C(=O)O)sc2nnc(C(C)C)n12. The van der Waals surface area contributed by atoms with Gasteiger partial charge in [0.15, 0.2) is 0 Å². The first-order valence-electron chi connectivity index (χ1n) is 7.30. The molecule has 3 rings (SSSR count). The number of amides is 1. The smallest absolute Gasteiger partial charge is 0.326 e. The lowest BCUT2D eigenvalue weighted by Crippen LogP contribution is -2.40. The molecule has 1 aliphatic heterocycles. The van der Waals surface area contributed by atoms with E-state index in [9.17, 15) is 14.7 Å². The van der Waals surface area contributed by atoms with Crippen LogP contribution in [0.3, 0.4) is 0 Å². The van der Waals surface area contributed by atoms with Crippen molar-refractivity contribution >= 4 is 28.2 Å². The van der Waals surface area contributed by atoms with E-state index >= 15 is 0 Å². The number of thiazole rings is 1. The summed E-state index contributed by atoms with van der Waals surface area (Å²) in [6, 6.07) is -0.719. The third kappa shape index (κ3) is 2.18. The Labute approximate surface area is 131 Å². The van der Waals surface area contributed by atoms with E-state index in [2.05, 4.69) is 10.2 Å². The van der Waals surface area contributed by atoms with Crippen molar-refractivity contribution in [3.63, 3.8) is 0 Å². The van der Waals surface area contributed by atoms with Crippen LogP contribution in [-0.2, 0) is 4.79 Å². The van der Waals surface area contributed by atoms with Gasteiger partial charge in [-0.15, -0.1) is 10.2 Å². The van der Waals surface area contributed by atoms with Crippen LogP contribution >= 0.6 is 11.3 Å². The second kappa shape index (κ2) is 5.35.